The molecule has 0 aliphatic rings. The molecule has 0 saturated carbocycles. The van der Waals surface area contributed by atoms with E-state index < -0.39 is 0 Å². The smallest absolute Gasteiger partial charge is 0.0305 e. The molecule has 0 aliphatic carbocycles. The highest BCUT2D eigenvalue weighted by molar-refractivity contribution is 5.31. The van der Waals surface area contributed by atoms with Crippen LogP contribution in [0.5, 0.6) is 0 Å². The molecule has 13 heavy (non-hydrogen) atoms. The zero-order valence-electron chi connectivity index (χ0n) is 8.67. The van der Waals surface area contributed by atoms with Crippen LogP contribution >= 0.6 is 0 Å². The van der Waals surface area contributed by atoms with E-state index in [0.29, 0.717) is 0 Å². The second kappa shape index (κ2) is 3.73. The summed E-state index contributed by atoms with van der Waals surface area (Å²) in [5.74, 6) is 0. The first-order chi connectivity index (χ1) is 6.05. The lowest BCUT2D eigenvalue weighted by Gasteiger charge is -2.21. The molecule has 70 valence electrons. The van der Waals surface area contributed by atoms with Crippen LogP contribution < -0.4 is 0 Å². The van der Waals surface area contributed by atoms with Crippen molar-refractivity contribution < 1.29 is 0 Å². The van der Waals surface area contributed by atoms with E-state index in [9.17, 15) is 0 Å². The number of nitrogens with zero attached hydrogens (tertiary/aromatic N) is 1. The van der Waals surface area contributed by atoms with Crippen LogP contribution in [0.1, 0.15) is 31.9 Å². The summed E-state index contributed by atoms with van der Waals surface area (Å²) in [5, 5.41) is 0. The molecule has 1 nitrogen and oxygen atoms in total. The van der Waals surface area contributed by atoms with E-state index in [1.165, 1.54) is 11.1 Å². The Morgan fingerprint density at radius 2 is 2.15 bits per heavy atom. The molecule has 0 saturated heterocycles. The minimum atomic E-state index is 0.196. The van der Waals surface area contributed by atoms with Gasteiger partial charge in [0.1, 0.15) is 0 Å². The maximum atomic E-state index is 4.13. The second-order valence-electron chi connectivity index (χ2n) is 4.28. The predicted octanol–water partition coefficient (Wildman–Crippen LogP) is 3.11. The van der Waals surface area contributed by atoms with Gasteiger partial charge in [0, 0.05) is 12.4 Å². The van der Waals surface area contributed by atoms with Gasteiger partial charge in [0.25, 0.3) is 0 Å². The molecule has 0 N–H and O–H groups in total. The fourth-order valence-electron chi connectivity index (χ4n) is 1.48. The second-order valence-corrected chi connectivity index (χ2v) is 4.28. The number of hydrogen-bond acceptors (Lipinski definition) is 1. The topological polar surface area (TPSA) is 12.9 Å². The van der Waals surface area contributed by atoms with Crippen LogP contribution in [-0.2, 0) is 11.8 Å². The zero-order chi connectivity index (χ0) is 9.90. The molecule has 1 heterocycles. The van der Waals surface area contributed by atoms with E-state index in [2.05, 4.69) is 38.4 Å². The van der Waals surface area contributed by atoms with Crippen LogP contribution in [0.15, 0.2) is 31.1 Å². The third kappa shape index (κ3) is 2.41. The molecule has 0 atom stereocenters. The average Bonchev–Trinajstić information content (AvgIpc) is 2.04. The van der Waals surface area contributed by atoms with Gasteiger partial charge >= 0.3 is 0 Å². The molecular weight excluding hydrogens is 158 g/mol. The van der Waals surface area contributed by atoms with E-state index in [4.69, 9.17) is 0 Å². The molecule has 0 aromatic carbocycles. The summed E-state index contributed by atoms with van der Waals surface area (Å²) in [6, 6.07) is 2.10. The van der Waals surface area contributed by atoms with Crippen molar-refractivity contribution in [2.75, 3.05) is 0 Å². The Labute approximate surface area is 80.5 Å². The van der Waals surface area contributed by atoms with Gasteiger partial charge < -0.3 is 0 Å². The van der Waals surface area contributed by atoms with Crippen molar-refractivity contribution in [3.63, 3.8) is 0 Å². The number of allylic oxidation sites excluding steroid dienone is 1. The van der Waals surface area contributed by atoms with E-state index in [-0.39, 0.29) is 5.41 Å². The van der Waals surface area contributed by atoms with Crippen molar-refractivity contribution in [1.29, 1.82) is 0 Å². The van der Waals surface area contributed by atoms with Crippen LogP contribution in [0.3, 0.4) is 0 Å². The highest BCUT2D eigenvalue weighted by atomic mass is 14.6. The van der Waals surface area contributed by atoms with Crippen LogP contribution in [0, 0.1) is 0 Å². The zero-order valence-corrected chi connectivity index (χ0v) is 8.67. The van der Waals surface area contributed by atoms with Crippen molar-refractivity contribution in [2.24, 2.45) is 0 Å². The molecule has 0 fully saturated rings. The standard InChI is InChI=1S/C12H17N/c1-5-6-10-9-13-8-7-11(10)12(2,3)4/h5,7-9H,1,6H2,2-4H3. The van der Waals surface area contributed by atoms with Gasteiger partial charge in [-0.3, -0.25) is 4.98 Å². The van der Waals surface area contributed by atoms with E-state index in [0.717, 1.165) is 6.42 Å². The summed E-state index contributed by atoms with van der Waals surface area (Å²) in [5.41, 5.74) is 2.84. The minimum Gasteiger partial charge on any atom is -0.264 e. The first-order valence-corrected chi connectivity index (χ1v) is 4.60. The summed E-state index contributed by atoms with van der Waals surface area (Å²) in [4.78, 5) is 4.13. The van der Waals surface area contributed by atoms with Crippen molar-refractivity contribution in [1.82, 2.24) is 4.98 Å². The fourth-order valence-corrected chi connectivity index (χ4v) is 1.48. The van der Waals surface area contributed by atoms with Crippen LogP contribution in [0.4, 0.5) is 0 Å². The van der Waals surface area contributed by atoms with Gasteiger partial charge in [0.05, 0.1) is 0 Å². The monoisotopic (exact) mass is 175 g/mol. The molecular formula is C12H17N. The average molecular weight is 175 g/mol. The summed E-state index contributed by atoms with van der Waals surface area (Å²) in [6.45, 7) is 10.4. The Morgan fingerprint density at radius 3 is 2.69 bits per heavy atom. The van der Waals surface area contributed by atoms with Crippen molar-refractivity contribution in [3.8, 4) is 0 Å². The number of aromatic nitrogens is 1. The molecule has 1 aromatic rings. The molecule has 0 radical (unpaired) electrons. The van der Waals surface area contributed by atoms with Crippen LogP contribution in [0.25, 0.3) is 0 Å². The largest absolute Gasteiger partial charge is 0.264 e. The summed E-state index contributed by atoms with van der Waals surface area (Å²) in [7, 11) is 0. The van der Waals surface area contributed by atoms with Crippen LogP contribution in [0.2, 0.25) is 0 Å². The lowest BCUT2D eigenvalue weighted by Crippen LogP contribution is -2.14. The summed E-state index contributed by atoms with van der Waals surface area (Å²) >= 11 is 0. The molecule has 0 bridgehead atoms. The Morgan fingerprint density at radius 1 is 1.46 bits per heavy atom. The molecule has 1 rings (SSSR count). The minimum absolute atomic E-state index is 0.196. The van der Waals surface area contributed by atoms with Gasteiger partial charge in [0.2, 0.25) is 0 Å². The first kappa shape index (κ1) is 9.97. The SMILES string of the molecule is C=CCc1cnccc1C(C)(C)C. The van der Waals surface area contributed by atoms with Crippen molar-refractivity contribution >= 4 is 0 Å². The van der Waals surface area contributed by atoms with Gasteiger partial charge in [0.15, 0.2) is 0 Å². The van der Waals surface area contributed by atoms with Gasteiger partial charge in [-0.25, -0.2) is 0 Å². The highest BCUT2D eigenvalue weighted by Gasteiger charge is 2.16. The predicted molar refractivity (Wildman–Crippen MR) is 56.8 cm³/mol. The molecule has 0 aliphatic heterocycles. The lowest BCUT2D eigenvalue weighted by molar-refractivity contribution is 0.583. The van der Waals surface area contributed by atoms with Crippen LogP contribution in [-0.4, -0.2) is 4.98 Å². The lowest BCUT2D eigenvalue weighted by atomic mass is 9.84. The normalized spacial score (nSPS) is 11.3. The van der Waals surface area contributed by atoms with Gasteiger partial charge in [-0.2, -0.15) is 0 Å². The van der Waals surface area contributed by atoms with Gasteiger partial charge in [-0.1, -0.05) is 26.8 Å². The maximum Gasteiger partial charge on any atom is 0.0305 e. The molecule has 0 unspecified atom stereocenters. The van der Waals surface area contributed by atoms with Gasteiger partial charge in [-0.15, -0.1) is 6.58 Å². The third-order valence-corrected chi connectivity index (χ3v) is 2.08. The molecule has 0 spiro atoms. The fraction of sp³-hybridized carbons (Fsp3) is 0.417. The Kier molecular flexibility index (Phi) is 2.86. The van der Waals surface area contributed by atoms with E-state index in [1.807, 2.05) is 18.5 Å². The summed E-state index contributed by atoms with van der Waals surface area (Å²) < 4.78 is 0. The Bertz CT molecular complexity index is 294. The van der Waals surface area contributed by atoms with Crippen molar-refractivity contribution in [2.45, 2.75) is 32.6 Å². The summed E-state index contributed by atoms with van der Waals surface area (Å²) in [6.07, 6.45) is 6.61. The molecule has 1 heteroatoms. The first-order valence-electron chi connectivity index (χ1n) is 4.60. The van der Waals surface area contributed by atoms with E-state index >= 15 is 0 Å². The highest BCUT2D eigenvalue weighted by Crippen LogP contribution is 2.25. The maximum absolute atomic E-state index is 4.13. The molecule has 0 amide bonds. The van der Waals surface area contributed by atoms with Gasteiger partial charge in [-0.05, 0) is 29.0 Å². The van der Waals surface area contributed by atoms with Crippen molar-refractivity contribution in [3.05, 3.63) is 42.2 Å². The van der Waals surface area contributed by atoms with E-state index in [1.54, 1.807) is 0 Å². The third-order valence-electron chi connectivity index (χ3n) is 2.08. The quantitative estimate of drug-likeness (QED) is 0.629. The number of rotatable bonds is 2. The number of hydrogen-bond donors (Lipinski definition) is 0. The Balaban J connectivity index is 3.11. The Hall–Kier alpha value is -1.11. The number of pyridine rings is 1. The molecule has 1 aromatic heterocycles.